The monoisotopic (exact) mass is 313 g/mol. The van der Waals surface area contributed by atoms with Gasteiger partial charge in [0, 0.05) is 18.4 Å². The normalized spacial score (nSPS) is 19.9. The maximum absolute atomic E-state index is 5.87. The van der Waals surface area contributed by atoms with Crippen LogP contribution in [0.3, 0.4) is 0 Å². The third-order valence-electron chi connectivity index (χ3n) is 4.86. The molecule has 1 saturated heterocycles. The van der Waals surface area contributed by atoms with Gasteiger partial charge < -0.3 is 9.15 Å². The van der Waals surface area contributed by atoms with Gasteiger partial charge >= 0.3 is 0 Å². The molecule has 5 heteroatoms. The molecule has 23 heavy (non-hydrogen) atoms. The van der Waals surface area contributed by atoms with Gasteiger partial charge in [-0.2, -0.15) is 0 Å². The van der Waals surface area contributed by atoms with E-state index >= 15 is 0 Å². The Morgan fingerprint density at radius 2 is 1.78 bits per heavy atom. The molecule has 2 heterocycles. The number of ether oxygens (including phenoxy) is 1. The molecule has 1 aliphatic carbocycles. The first-order valence-electron chi connectivity index (χ1n) is 8.50. The average Bonchev–Trinajstić information content (AvgIpc) is 3.33. The molecule has 0 atom stereocenters. The summed E-state index contributed by atoms with van der Waals surface area (Å²) in [6.45, 7) is 3.12. The lowest BCUT2D eigenvalue weighted by Crippen LogP contribution is -2.32. The van der Waals surface area contributed by atoms with Crippen molar-refractivity contribution in [2.24, 2.45) is 0 Å². The lowest BCUT2D eigenvalue weighted by molar-refractivity contribution is 0.192. The fourth-order valence-electron chi connectivity index (χ4n) is 3.27. The van der Waals surface area contributed by atoms with E-state index in [1.165, 1.54) is 18.4 Å². The van der Waals surface area contributed by atoms with Crippen LogP contribution in [0.25, 0.3) is 0 Å². The first-order valence-corrected chi connectivity index (χ1v) is 8.50. The zero-order valence-corrected chi connectivity index (χ0v) is 13.6. The van der Waals surface area contributed by atoms with Gasteiger partial charge in [0.2, 0.25) is 11.8 Å². The molecule has 2 aromatic rings. The van der Waals surface area contributed by atoms with Crippen LogP contribution in [0.4, 0.5) is 0 Å². The molecule has 1 aromatic carbocycles. The molecule has 0 spiro atoms. The van der Waals surface area contributed by atoms with Crippen LogP contribution in [-0.4, -0.2) is 35.3 Å². The third kappa shape index (κ3) is 3.39. The first-order chi connectivity index (χ1) is 11.3. The van der Waals surface area contributed by atoms with Gasteiger partial charge in [-0.25, -0.2) is 0 Å². The standard InChI is InChI=1S/C18H23N3O2/c1-22-16-4-2-3-13(11-16)12-21-9-7-15(8-10-21)18-20-19-17(23-18)14-5-6-14/h2-4,11,14-15H,5-10,12H2,1H3. The average molecular weight is 313 g/mol. The van der Waals surface area contributed by atoms with Crippen LogP contribution in [0, 0.1) is 0 Å². The molecule has 1 aliphatic heterocycles. The van der Waals surface area contributed by atoms with E-state index in [0.717, 1.165) is 50.0 Å². The predicted molar refractivity (Wildman–Crippen MR) is 86.5 cm³/mol. The largest absolute Gasteiger partial charge is 0.497 e. The highest BCUT2D eigenvalue weighted by Gasteiger charge is 2.31. The summed E-state index contributed by atoms with van der Waals surface area (Å²) in [5.41, 5.74) is 1.30. The summed E-state index contributed by atoms with van der Waals surface area (Å²) in [7, 11) is 1.71. The molecule has 2 fully saturated rings. The van der Waals surface area contributed by atoms with Crippen LogP contribution < -0.4 is 4.74 Å². The fraction of sp³-hybridized carbons (Fsp3) is 0.556. The van der Waals surface area contributed by atoms with Gasteiger partial charge in [-0.15, -0.1) is 10.2 Å². The summed E-state index contributed by atoms with van der Waals surface area (Å²) in [6.07, 6.45) is 4.60. The molecular weight excluding hydrogens is 290 g/mol. The molecule has 1 saturated carbocycles. The fourth-order valence-corrected chi connectivity index (χ4v) is 3.27. The maximum atomic E-state index is 5.87. The Balaban J connectivity index is 1.33. The third-order valence-corrected chi connectivity index (χ3v) is 4.86. The zero-order valence-electron chi connectivity index (χ0n) is 13.6. The van der Waals surface area contributed by atoms with Crippen molar-refractivity contribution in [2.45, 2.75) is 44.1 Å². The van der Waals surface area contributed by atoms with Gasteiger partial charge in [-0.1, -0.05) is 12.1 Å². The summed E-state index contributed by atoms with van der Waals surface area (Å²) in [6, 6.07) is 8.32. The van der Waals surface area contributed by atoms with Crippen molar-refractivity contribution in [3.63, 3.8) is 0 Å². The molecule has 0 amide bonds. The van der Waals surface area contributed by atoms with Gasteiger partial charge in [0.15, 0.2) is 0 Å². The molecular formula is C18H23N3O2. The van der Waals surface area contributed by atoms with Gasteiger partial charge in [0.25, 0.3) is 0 Å². The lowest BCUT2D eigenvalue weighted by Gasteiger charge is -2.30. The van der Waals surface area contributed by atoms with E-state index in [1.54, 1.807) is 7.11 Å². The molecule has 1 aromatic heterocycles. The molecule has 4 rings (SSSR count). The van der Waals surface area contributed by atoms with Crippen molar-refractivity contribution in [3.05, 3.63) is 41.6 Å². The van der Waals surface area contributed by atoms with Crippen molar-refractivity contribution in [1.82, 2.24) is 15.1 Å². The van der Waals surface area contributed by atoms with Crippen molar-refractivity contribution >= 4 is 0 Å². The molecule has 5 nitrogen and oxygen atoms in total. The van der Waals surface area contributed by atoms with Crippen LogP contribution in [0.15, 0.2) is 28.7 Å². The summed E-state index contributed by atoms with van der Waals surface area (Å²) >= 11 is 0. The highest BCUT2D eigenvalue weighted by atomic mass is 16.5. The quantitative estimate of drug-likeness (QED) is 0.847. The summed E-state index contributed by atoms with van der Waals surface area (Å²) < 4.78 is 11.2. The van der Waals surface area contributed by atoms with Gasteiger partial charge in [0.1, 0.15) is 5.75 Å². The SMILES string of the molecule is COc1cccc(CN2CCC(c3nnc(C4CC4)o3)CC2)c1. The second-order valence-corrected chi connectivity index (χ2v) is 6.65. The molecule has 0 radical (unpaired) electrons. The Kier molecular flexibility index (Phi) is 4.04. The van der Waals surface area contributed by atoms with Crippen molar-refractivity contribution in [3.8, 4) is 5.75 Å². The Labute approximate surface area is 136 Å². The minimum absolute atomic E-state index is 0.427. The van der Waals surface area contributed by atoms with Crippen molar-refractivity contribution in [1.29, 1.82) is 0 Å². The van der Waals surface area contributed by atoms with E-state index in [-0.39, 0.29) is 0 Å². The lowest BCUT2D eigenvalue weighted by atomic mass is 9.96. The Hall–Kier alpha value is -1.88. The van der Waals surface area contributed by atoms with E-state index in [4.69, 9.17) is 9.15 Å². The van der Waals surface area contributed by atoms with Crippen LogP contribution in [-0.2, 0) is 6.54 Å². The number of nitrogens with zero attached hydrogens (tertiary/aromatic N) is 3. The number of hydrogen-bond acceptors (Lipinski definition) is 5. The molecule has 0 N–H and O–H groups in total. The first kappa shape index (κ1) is 14.7. The predicted octanol–water partition coefficient (Wildman–Crippen LogP) is 3.34. The summed E-state index contributed by atoms with van der Waals surface area (Å²) in [5.74, 6) is 3.61. The topological polar surface area (TPSA) is 51.4 Å². The van der Waals surface area contributed by atoms with E-state index in [9.17, 15) is 0 Å². The van der Waals surface area contributed by atoms with E-state index in [1.807, 2.05) is 6.07 Å². The smallest absolute Gasteiger partial charge is 0.219 e. The maximum Gasteiger partial charge on any atom is 0.219 e. The van der Waals surface area contributed by atoms with Crippen LogP contribution >= 0.6 is 0 Å². The highest BCUT2D eigenvalue weighted by Crippen LogP contribution is 2.40. The number of likely N-dealkylation sites (tertiary alicyclic amines) is 1. The molecule has 2 aliphatic rings. The Morgan fingerprint density at radius 1 is 1.09 bits per heavy atom. The molecule has 0 unspecified atom stereocenters. The molecule has 122 valence electrons. The Morgan fingerprint density at radius 3 is 2.43 bits per heavy atom. The van der Waals surface area contributed by atoms with Gasteiger partial charge in [0.05, 0.1) is 7.11 Å². The number of hydrogen-bond donors (Lipinski definition) is 0. The number of piperidine rings is 1. The van der Waals surface area contributed by atoms with Gasteiger partial charge in [-0.3, -0.25) is 4.90 Å². The number of methoxy groups -OCH3 is 1. The summed E-state index contributed by atoms with van der Waals surface area (Å²) in [5, 5.41) is 8.50. The Bertz CT molecular complexity index is 658. The number of benzene rings is 1. The number of rotatable bonds is 5. The second-order valence-electron chi connectivity index (χ2n) is 6.65. The highest BCUT2D eigenvalue weighted by molar-refractivity contribution is 5.28. The minimum atomic E-state index is 0.427. The second kappa shape index (κ2) is 6.32. The minimum Gasteiger partial charge on any atom is -0.497 e. The van der Waals surface area contributed by atoms with E-state index in [2.05, 4.69) is 33.3 Å². The summed E-state index contributed by atoms with van der Waals surface area (Å²) in [4.78, 5) is 2.49. The van der Waals surface area contributed by atoms with Crippen LogP contribution in [0.1, 0.15) is 54.9 Å². The van der Waals surface area contributed by atoms with Crippen LogP contribution in [0.5, 0.6) is 5.75 Å². The number of aromatic nitrogens is 2. The van der Waals surface area contributed by atoms with Crippen molar-refractivity contribution < 1.29 is 9.15 Å². The van der Waals surface area contributed by atoms with Gasteiger partial charge in [-0.05, 0) is 56.5 Å². The molecule has 0 bridgehead atoms. The van der Waals surface area contributed by atoms with E-state index in [0.29, 0.717) is 11.8 Å². The van der Waals surface area contributed by atoms with Crippen molar-refractivity contribution in [2.75, 3.05) is 20.2 Å². The zero-order chi connectivity index (χ0) is 15.6. The van der Waals surface area contributed by atoms with Crippen LogP contribution in [0.2, 0.25) is 0 Å². The van der Waals surface area contributed by atoms with E-state index < -0.39 is 0 Å².